The van der Waals surface area contributed by atoms with Gasteiger partial charge in [-0.2, -0.15) is 0 Å². The zero-order chi connectivity index (χ0) is 9.07. The lowest BCUT2D eigenvalue weighted by molar-refractivity contribution is -0.142. The standard InChI is InChI=1S/C5H6BrCl3O2/c1-3(6)4(10)11-2-5(7,8)9/h3H,2H2,1H3. The molecule has 6 heteroatoms. The molecule has 0 aromatic rings. The van der Waals surface area contributed by atoms with Crippen molar-refractivity contribution in [1.29, 1.82) is 0 Å². The highest BCUT2D eigenvalue weighted by atomic mass is 79.9. The molecule has 0 radical (unpaired) electrons. The molecule has 0 saturated heterocycles. The predicted octanol–water partition coefficient (Wildman–Crippen LogP) is 2.68. The fourth-order valence-corrected chi connectivity index (χ4v) is 0.564. The van der Waals surface area contributed by atoms with E-state index in [4.69, 9.17) is 34.8 Å². The van der Waals surface area contributed by atoms with Crippen molar-refractivity contribution < 1.29 is 9.53 Å². The third-order valence-corrected chi connectivity index (χ3v) is 1.40. The Morgan fingerprint density at radius 1 is 1.64 bits per heavy atom. The van der Waals surface area contributed by atoms with Crippen LogP contribution in [0.2, 0.25) is 0 Å². The third-order valence-electron chi connectivity index (χ3n) is 0.703. The summed E-state index contributed by atoms with van der Waals surface area (Å²) in [6.45, 7) is 1.40. The maximum atomic E-state index is 10.7. The first kappa shape index (κ1) is 11.8. The smallest absolute Gasteiger partial charge is 0.319 e. The summed E-state index contributed by atoms with van der Waals surface area (Å²) >= 11 is 19.0. The van der Waals surface area contributed by atoms with Crippen LogP contribution in [-0.4, -0.2) is 21.2 Å². The second-order valence-corrected chi connectivity index (χ2v) is 5.73. The second-order valence-electron chi connectivity index (χ2n) is 1.84. The molecule has 0 amide bonds. The van der Waals surface area contributed by atoms with E-state index in [0.717, 1.165) is 0 Å². The number of halogens is 4. The largest absolute Gasteiger partial charge is 0.460 e. The van der Waals surface area contributed by atoms with Crippen LogP contribution in [0.3, 0.4) is 0 Å². The number of ether oxygens (including phenoxy) is 1. The van der Waals surface area contributed by atoms with Gasteiger partial charge < -0.3 is 4.74 Å². The predicted molar refractivity (Wildman–Crippen MR) is 49.6 cm³/mol. The minimum absolute atomic E-state index is 0.230. The first-order valence-electron chi connectivity index (χ1n) is 2.70. The molecular weight excluding hydrogens is 278 g/mol. The Morgan fingerprint density at radius 2 is 2.09 bits per heavy atom. The average molecular weight is 284 g/mol. The van der Waals surface area contributed by atoms with Gasteiger partial charge in [0.15, 0.2) is 0 Å². The molecule has 0 aliphatic rings. The van der Waals surface area contributed by atoms with Crippen LogP contribution in [0.4, 0.5) is 0 Å². The van der Waals surface area contributed by atoms with Crippen molar-refractivity contribution in [3.63, 3.8) is 0 Å². The minimum Gasteiger partial charge on any atom is -0.460 e. The average Bonchev–Trinajstić information content (AvgIpc) is 1.80. The molecule has 0 N–H and O–H groups in total. The molecule has 1 atom stereocenters. The van der Waals surface area contributed by atoms with Gasteiger partial charge in [-0.25, -0.2) is 0 Å². The van der Waals surface area contributed by atoms with E-state index in [9.17, 15) is 4.79 Å². The molecule has 0 aromatic carbocycles. The van der Waals surface area contributed by atoms with Gasteiger partial charge in [0.1, 0.15) is 11.4 Å². The number of hydrogen-bond acceptors (Lipinski definition) is 2. The van der Waals surface area contributed by atoms with Crippen LogP contribution in [0.25, 0.3) is 0 Å². The van der Waals surface area contributed by atoms with Crippen LogP contribution in [0.15, 0.2) is 0 Å². The van der Waals surface area contributed by atoms with Gasteiger partial charge in [0.05, 0.1) is 0 Å². The van der Waals surface area contributed by atoms with Crippen molar-refractivity contribution in [3.8, 4) is 0 Å². The number of carbonyl (C=O) groups is 1. The van der Waals surface area contributed by atoms with Gasteiger partial charge >= 0.3 is 5.97 Å². The summed E-state index contributed by atoms with van der Waals surface area (Å²) in [5.74, 6) is -0.448. The van der Waals surface area contributed by atoms with Gasteiger partial charge in [-0.3, -0.25) is 4.79 Å². The molecular formula is C5H6BrCl3O2. The van der Waals surface area contributed by atoms with E-state index in [-0.39, 0.29) is 11.4 Å². The molecule has 0 spiro atoms. The normalized spacial score (nSPS) is 14.3. The fourth-order valence-electron chi connectivity index (χ4n) is 0.268. The summed E-state index contributed by atoms with van der Waals surface area (Å²) in [6.07, 6.45) is 0. The lowest BCUT2D eigenvalue weighted by atomic mass is 10.5. The van der Waals surface area contributed by atoms with Crippen LogP contribution in [-0.2, 0) is 9.53 Å². The van der Waals surface area contributed by atoms with Crippen molar-refractivity contribution in [1.82, 2.24) is 0 Å². The Kier molecular flexibility index (Phi) is 5.10. The lowest BCUT2D eigenvalue weighted by Crippen LogP contribution is -2.21. The first-order chi connectivity index (χ1) is 4.83. The summed E-state index contributed by atoms with van der Waals surface area (Å²) in [7, 11) is 0. The molecule has 0 aliphatic carbocycles. The fraction of sp³-hybridized carbons (Fsp3) is 0.800. The van der Waals surface area contributed by atoms with Gasteiger partial charge in [-0.05, 0) is 6.92 Å². The zero-order valence-electron chi connectivity index (χ0n) is 5.61. The summed E-state index contributed by atoms with van der Waals surface area (Å²) in [4.78, 5) is 10.4. The molecule has 11 heavy (non-hydrogen) atoms. The molecule has 0 heterocycles. The summed E-state index contributed by atoms with van der Waals surface area (Å²) in [5, 5.41) is 0. The Balaban J connectivity index is 3.64. The number of rotatable bonds is 2. The van der Waals surface area contributed by atoms with E-state index in [1.165, 1.54) is 0 Å². The van der Waals surface area contributed by atoms with Gasteiger partial charge in [0, 0.05) is 0 Å². The zero-order valence-corrected chi connectivity index (χ0v) is 9.47. The van der Waals surface area contributed by atoms with E-state index in [2.05, 4.69) is 20.7 Å². The van der Waals surface area contributed by atoms with E-state index in [1.54, 1.807) is 6.92 Å². The van der Waals surface area contributed by atoms with Crippen molar-refractivity contribution in [2.24, 2.45) is 0 Å². The van der Waals surface area contributed by atoms with Crippen molar-refractivity contribution in [2.45, 2.75) is 15.5 Å². The van der Waals surface area contributed by atoms with E-state index in [1.807, 2.05) is 0 Å². The van der Waals surface area contributed by atoms with Gasteiger partial charge in [-0.1, -0.05) is 50.7 Å². The van der Waals surface area contributed by atoms with Gasteiger partial charge in [0.2, 0.25) is 3.79 Å². The van der Waals surface area contributed by atoms with Crippen molar-refractivity contribution in [3.05, 3.63) is 0 Å². The van der Waals surface area contributed by atoms with Crippen molar-refractivity contribution in [2.75, 3.05) is 6.61 Å². The Hall–Kier alpha value is 0.820. The van der Waals surface area contributed by atoms with E-state index >= 15 is 0 Å². The minimum atomic E-state index is -1.53. The molecule has 0 rings (SSSR count). The van der Waals surface area contributed by atoms with Crippen LogP contribution in [0.1, 0.15) is 6.92 Å². The molecule has 0 aromatic heterocycles. The topological polar surface area (TPSA) is 26.3 Å². The highest BCUT2D eigenvalue weighted by molar-refractivity contribution is 9.10. The number of carbonyl (C=O) groups excluding carboxylic acids is 1. The molecule has 0 saturated carbocycles. The molecule has 0 aliphatic heterocycles. The number of alkyl halides is 4. The van der Waals surface area contributed by atoms with Crippen LogP contribution < -0.4 is 0 Å². The molecule has 2 nitrogen and oxygen atoms in total. The molecule has 66 valence electrons. The molecule has 0 bridgehead atoms. The monoisotopic (exact) mass is 282 g/mol. The lowest BCUT2D eigenvalue weighted by Gasteiger charge is -2.11. The van der Waals surface area contributed by atoms with Crippen molar-refractivity contribution >= 4 is 56.7 Å². The van der Waals surface area contributed by atoms with E-state index < -0.39 is 9.76 Å². The van der Waals surface area contributed by atoms with E-state index in [0.29, 0.717) is 0 Å². The maximum absolute atomic E-state index is 10.7. The first-order valence-corrected chi connectivity index (χ1v) is 4.75. The Bertz CT molecular complexity index is 143. The third kappa shape index (κ3) is 7.19. The quantitative estimate of drug-likeness (QED) is 0.575. The Labute approximate surface area is 88.3 Å². The Morgan fingerprint density at radius 3 is 2.36 bits per heavy atom. The maximum Gasteiger partial charge on any atom is 0.319 e. The summed E-state index contributed by atoms with van der Waals surface area (Å²) in [6, 6.07) is 0. The molecule has 1 unspecified atom stereocenters. The van der Waals surface area contributed by atoms with Gasteiger partial charge in [0.25, 0.3) is 0 Å². The van der Waals surface area contributed by atoms with Gasteiger partial charge in [-0.15, -0.1) is 0 Å². The highest BCUT2D eigenvalue weighted by Gasteiger charge is 2.23. The number of esters is 1. The van der Waals surface area contributed by atoms with Crippen LogP contribution in [0, 0.1) is 0 Å². The SMILES string of the molecule is CC(Br)C(=O)OCC(Cl)(Cl)Cl. The van der Waals surface area contributed by atoms with Crippen LogP contribution >= 0.6 is 50.7 Å². The molecule has 0 fully saturated rings. The second kappa shape index (κ2) is 4.75. The number of hydrogen-bond donors (Lipinski definition) is 0. The highest BCUT2D eigenvalue weighted by Crippen LogP contribution is 2.26. The summed E-state index contributed by atoms with van der Waals surface area (Å²) < 4.78 is 3.06. The summed E-state index contributed by atoms with van der Waals surface area (Å²) in [5.41, 5.74) is 0. The van der Waals surface area contributed by atoms with Crippen LogP contribution in [0.5, 0.6) is 0 Å².